The SMILES string of the molecule is O=C(NCC1CCCC1C(=O)O)c1ccc(O)cc1. The van der Waals surface area contributed by atoms with E-state index in [-0.39, 0.29) is 23.5 Å². The van der Waals surface area contributed by atoms with Crippen molar-refractivity contribution in [3.05, 3.63) is 29.8 Å². The molecule has 5 heteroatoms. The lowest BCUT2D eigenvalue weighted by Crippen LogP contribution is -2.32. The van der Waals surface area contributed by atoms with Gasteiger partial charge in [-0.05, 0) is 43.0 Å². The fourth-order valence-corrected chi connectivity index (χ4v) is 2.54. The van der Waals surface area contributed by atoms with E-state index in [1.807, 2.05) is 0 Å². The van der Waals surface area contributed by atoms with Crippen LogP contribution in [-0.2, 0) is 4.79 Å². The molecule has 0 aliphatic heterocycles. The summed E-state index contributed by atoms with van der Waals surface area (Å²) in [4.78, 5) is 22.9. The molecular weight excluding hydrogens is 246 g/mol. The Kier molecular flexibility index (Phi) is 4.04. The van der Waals surface area contributed by atoms with E-state index in [2.05, 4.69) is 5.32 Å². The molecule has 0 aromatic heterocycles. The van der Waals surface area contributed by atoms with Gasteiger partial charge in [0.05, 0.1) is 5.92 Å². The van der Waals surface area contributed by atoms with Crippen molar-refractivity contribution in [2.45, 2.75) is 19.3 Å². The Morgan fingerprint density at radius 1 is 1.21 bits per heavy atom. The lowest BCUT2D eigenvalue weighted by molar-refractivity contribution is -0.142. The molecule has 1 saturated carbocycles. The van der Waals surface area contributed by atoms with Gasteiger partial charge in [-0.3, -0.25) is 9.59 Å². The molecule has 0 spiro atoms. The van der Waals surface area contributed by atoms with E-state index in [1.165, 1.54) is 24.3 Å². The van der Waals surface area contributed by atoms with Crippen molar-refractivity contribution < 1.29 is 19.8 Å². The van der Waals surface area contributed by atoms with E-state index in [1.54, 1.807) is 0 Å². The molecule has 2 unspecified atom stereocenters. The largest absolute Gasteiger partial charge is 0.508 e. The van der Waals surface area contributed by atoms with Gasteiger partial charge in [0.1, 0.15) is 5.75 Å². The molecular formula is C14H17NO4. The van der Waals surface area contributed by atoms with Crippen LogP contribution < -0.4 is 5.32 Å². The van der Waals surface area contributed by atoms with Crippen molar-refractivity contribution in [1.29, 1.82) is 0 Å². The second kappa shape index (κ2) is 5.73. The van der Waals surface area contributed by atoms with Crippen LogP contribution in [0.15, 0.2) is 24.3 Å². The molecule has 1 amide bonds. The number of rotatable bonds is 4. The molecule has 1 aromatic rings. The van der Waals surface area contributed by atoms with Crippen LogP contribution >= 0.6 is 0 Å². The molecule has 19 heavy (non-hydrogen) atoms. The van der Waals surface area contributed by atoms with E-state index in [0.717, 1.165) is 12.8 Å². The summed E-state index contributed by atoms with van der Waals surface area (Å²) in [5.41, 5.74) is 0.461. The molecule has 1 aliphatic rings. The van der Waals surface area contributed by atoms with Crippen LogP contribution in [0.25, 0.3) is 0 Å². The van der Waals surface area contributed by atoms with Gasteiger partial charge >= 0.3 is 5.97 Å². The Morgan fingerprint density at radius 2 is 1.89 bits per heavy atom. The maximum atomic E-state index is 11.8. The number of hydrogen-bond acceptors (Lipinski definition) is 3. The number of amides is 1. The van der Waals surface area contributed by atoms with Crippen LogP contribution in [-0.4, -0.2) is 28.6 Å². The maximum Gasteiger partial charge on any atom is 0.306 e. The van der Waals surface area contributed by atoms with Crippen LogP contribution in [0.5, 0.6) is 5.75 Å². The van der Waals surface area contributed by atoms with Gasteiger partial charge in [-0.25, -0.2) is 0 Å². The number of aromatic hydroxyl groups is 1. The average molecular weight is 263 g/mol. The van der Waals surface area contributed by atoms with Crippen LogP contribution in [0.2, 0.25) is 0 Å². The molecule has 0 radical (unpaired) electrons. The highest BCUT2D eigenvalue weighted by molar-refractivity contribution is 5.94. The Bertz CT molecular complexity index is 469. The Hall–Kier alpha value is -2.04. The van der Waals surface area contributed by atoms with Gasteiger partial charge in [0.25, 0.3) is 5.91 Å². The van der Waals surface area contributed by atoms with E-state index >= 15 is 0 Å². The van der Waals surface area contributed by atoms with Gasteiger partial charge in [-0.15, -0.1) is 0 Å². The number of nitrogens with one attached hydrogen (secondary N) is 1. The summed E-state index contributed by atoms with van der Waals surface area (Å²) in [7, 11) is 0. The number of phenols is 1. The Balaban J connectivity index is 1.90. The molecule has 0 bridgehead atoms. The standard InChI is InChI=1S/C14H17NO4/c16-11-6-4-9(5-7-11)13(17)15-8-10-2-1-3-12(10)14(18)19/h4-7,10,12,16H,1-3,8H2,(H,15,17)(H,18,19). The third-order valence-corrected chi connectivity index (χ3v) is 3.63. The lowest BCUT2D eigenvalue weighted by atomic mass is 9.96. The summed E-state index contributed by atoms with van der Waals surface area (Å²) in [6.07, 6.45) is 2.43. The molecule has 1 aromatic carbocycles. The van der Waals surface area contributed by atoms with Gasteiger partial charge in [-0.2, -0.15) is 0 Å². The minimum atomic E-state index is -0.776. The second-order valence-corrected chi connectivity index (χ2v) is 4.89. The highest BCUT2D eigenvalue weighted by atomic mass is 16.4. The molecule has 1 fully saturated rings. The van der Waals surface area contributed by atoms with Crippen molar-refractivity contribution in [1.82, 2.24) is 5.32 Å². The number of carbonyl (C=O) groups is 2. The Labute approximate surface area is 111 Å². The quantitative estimate of drug-likeness (QED) is 0.770. The minimum absolute atomic E-state index is 0.0126. The number of carbonyl (C=O) groups excluding carboxylic acids is 1. The van der Waals surface area contributed by atoms with E-state index in [4.69, 9.17) is 10.2 Å². The summed E-state index contributed by atoms with van der Waals surface area (Å²) < 4.78 is 0. The van der Waals surface area contributed by atoms with Crippen molar-refractivity contribution in [3.63, 3.8) is 0 Å². The fraction of sp³-hybridized carbons (Fsp3) is 0.429. The van der Waals surface area contributed by atoms with Gasteiger partial charge in [-0.1, -0.05) is 6.42 Å². The normalized spacial score (nSPS) is 22.1. The van der Waals surface area contributed by atoms with Crippen LogP contribution in [0.3, 0.4) is 0 Å². The number of benzene rings is 1. The molecule has 0 saturated heterocycles. The van der Waals surface area contributed by atoms with Crippen LogP contribution in [0.1, 0.15) is 29.6 Å². The molecule has 5 nitrogen and oxygen atoms in total. The predicted molar refractivity (Wildman–Crippen MR) is 68.9 cm³/mol. The van der Waals surface area contributed by atoms with Gasteiger partial charge in [0.2, 0.25) is 0 Å². The van der Waals surface area contributed by atoms with E-state index in [0.29, 0.717) is 18.5 Å². The van der Waals surface area contributed by atoms with Crippen LogP contribution in [0, 0.1) is 11.8 Å². The fourth-order valence-electron chi connectivity index (χ4n) is 2.54. The lowest BCUT2D eigenvalue weighted by Gasteiger charge is -2.16. The summed E-state index contributed by atoms with van der Waals surface area (Å²) in [5, 5.41) is 21.0. The highest BCUT2D eigenvalue weighted by Crippen LogP contribution is 2.31. The summed E-state index contributed by atoms with van der Waals surface area (Å²) in [5.74, 6) is -1.24. The van der Waals surface area contributed by atoms with Gasteiger partial charge in [0.15, 0.2) is 0 Å². The molecule has 102 valence electrons. The summed E-state index contributed by atoms with van der Waals surface area (Å²) in [6, 6.07) is 5.97. The Morgan fingerprint density at radius 3 is 2.53 bits per heavy atom. The molecule has 2 rings (SSSR count). The van der Waals surface area contributed by atoms with E-state index in [9.17, 15) is 9.59 Å². The smallest absolute Gasteiger partial charge is 0.306 e. The van der Waals surface area contributed by atoms with E-state index < -0.39 is 5.97 Å². The van der Waals surface area contributed by atoms with Crippen molar-refractivity contribution >= 4 is 11.9 Å². The molecule has 2 atom stereocenters. The average Bonchev–Trinajstić information content (AvgIpc) is 2.85. The number of aliphatic carboxylic acids is 1. The first-order valence-corrected chi connectivity index (χ1v) is 6.38. The number of phenolic OH excluding ortho intramolecular Hbond substituents is 1. The predicted octanol–water partition coefficient (Wildman–Crippen LogP) is 1.62. The maximum absolute atomic E-state index is 11.8. The first-order chi connectivity index (χ1) is 9.08. The van der Waals surface area contributed by atoms with Crippen molar-refractivity contribution in [2.75, 3.05) is 6.54 Å². The number of carboxylic acid groups (broad SMARTS) is 1. The number of hydrogen-bond donors (Lipinski definition) is 3. The molecule has 3 N–H and O–H groups in total. The first kappa shape index (κ1) is 13.4. The van der Waals surface area contributed by atoms with Crippen molar-refractivity contribution in [2.24, 2.45) is 11.8 Å². The monoisotopic (exact) mass is 263 g/mol. The topological polar surface area (TPSA) is 86.6 Å². The second-order valence-electron chi connectivity index (χ2n) is 4.89. The summed E-state index contributed by atoms with van der Waals surface area (Å²) >= 11 is 0. The zero-order chi connectivity index (χ0) is 13.8. The summed E-state index contributed by atoms with van der Waals surface area (Å²) in [6.45, 7) is 0.386. The first-order valence-electron chi connectivity index (χ1n) is 6.38. The van der Waals surface area contributed by atoms with Crippen LogP contribution in [0.4, 0.5) is 0 Å². The highest BCUT2D eigenvalue weighted by Gasteiger charge is 2.32. The zero-order valence-electron chi connectivity index (χ0n) is 10.5. The zero-order valence-corrected chi connectivity index (χ0v) is 10.5. The van der Waals surface area contributed by atoms with Gasteiger partial charge < -0.3 is 15.5 Å². The van der Waals surface area contributed by atoms with Crippen molar-refractivity contribution in [3.8, 4) is 5.75 Å². The molecule has 1 aliphatic carbocycles. The minimum Gasteiger partial charge on any atom is -0.508 e. The molecule has 0 heterocycles. The van der Waals surface area contributed by atoms with Gasteiger partial charge in [0, 0.05) is 12.1 Å². The third-order valence-electron chi connectivity index (χ3n) is 3.63. The third kappa shape index (κ3) is 3.24. The number of carboxylic acids is 1.